The van der Waals surface area contributed by atoms with Crippen molar-refractivity contribution in [3.63, 3.8) is 0 Å². The fourth-order valence-corrected chi connectivity index (χ4v) is 2.19. The molecule has 2 aromatic rings. The molecule has 1 saturated carbocycles. The van der Waals surface area contributed by atoms with Gasteiger partial charge >= 0.3 is 0 Å². The average molecular weight is 247 g/mol. The number of hydrogen-bond acceptors (Lipinski definition) is 4. The first-order valence-corrected chi connectivity index (χ1v) is 6.35. The van der Waals surface area contributed by atoms with E-state index in [1.165, 1.54) is 19.2 Å². The summed E-state index contributed by atoms with van der Waals surface area (Å²) >= 11 is 0. The molecule has 18 heavy (non-hydrogen) atoms. The Balaban J connectivity index is 1.90. The molecular weight excluding hydrogens is 230 g/mol. The Morgan fingerprint density at radius 1 is 1.50 bits per heavy atom. The van der Waals surface area contributed by atoms with Crippen LogP contribution in [0, 0.1) is 12.8 Å². The molecule has 0 unspecified atom stereocenters. The SMILES string of the molecule is Cc1nn(CCO)cc1-c1ocnc1CC1CC1. The normalized spacial score (nSPS) is 15.2. The van der Waals surface area contributed by atoms with Gasteiger partial charge in [-0.3, -0.25) is 4.68 Å². The maximum Gasteiger partial charge on any atom is 0.181 e. The van der Waals surface area contributed by atoms with Gasteiger partial charge in [0.2, 0.25) is 0 Å². The number of nitrogens with zero attached hydrogens (tertiary/aromatic N) is 3. The van der Waals surface area contributed by atoms with E-state index in [9.17, 15) is 0 Å². The molecule has 0 radical (unpaired) electrons. The minimum Gasteiger partial charge on any atom is -0.443 e. The molecule has 96 valence electrons. The highest BCUT2D eigenvalue weighted by Crippen LogP contribution is 2.35. The zero-order valence-corrected chi connectivity index (χ0v) is 10.5. The van der Waals surface area contributed by atoms with Crippen LogP contribution in [0.2, 0.25) is 0 Å². The van der Waals surface area contributed by atoms with Crippen molar-refractivity contribution in [3.05, 3.63) is 24.0 Å². The average Bonchev–Trinajstić information content (AvgIpc) is 2.91. The van der Waals surface area contributed by atoms with Gasteiger partial charge in [0.25, 0.3) is 0 Å². The fourth-order valence-electron chi connectivity index (χ4n) is 2.19. The summed E-state index contributed by atoms with van der Waals surface area (Å²) in [5.41, 5.74) is 2.93. The van der Waals surface area contributed by atoms with E-state index in [0.717, 1.165) is 35.1 Å². The van der Waals surface area contributed by atoms with E-state index in [0.29, 0.717) is 6.54 Å². The van der Waals surface area contributed by atoms with Crippen molar-refractivity contribution in [1.82, 2.24) is 14.8 Å². The van der Waals surface area contributed by atoms with Gasteiger partial charge < -0.3 is 9.52 Å². The van der Waals surface area contributed by atoms with Crippen LogP contribution in [-0.2, 0) is 13.0 Å². The van der Waals surface area contributed by atoms with Crippen LogP contribution in [0.4, 0.5) is 0 Å². The van der Waals surface area contributed by atoms with Crippen molar-refractivity contribution < 1.29 is 9.52 Å². The largest absolute Gasteiger partial charge is 0.443 e. The summed E-state index contributed by atoms with van der Waals surface area (Å²) in [4.78, 5) is 4.32. The maximum atomic E-state index is 8.94. The van der Waals surface area contributed by atoms with Crippen molar-refractivity contribution in [3.8, 4) is 11.3 Å². The van der Waals surface area contributed by atoms with Crippen LogP contribution in [0.15, 0.2) is 17.0 Å². The van der Waals surface area contributed by atoms with Crippen molar-refractivity contribution >= 4 is 0 Å². The van der Waals surface area contributed by atoms with Crippen molar-refractivity contribution in [2.24, 2.45) is 5.92 Å². The first kappa shape index (κ1) is 11.5. The Hall–Kier alpha value is -1.62. The fraction of sp³-hybridized carbons (Fsp3) is 0.538. The molecule has 3 rings (SSSR count). The molecule has 0 bridgehead atoms. The van der Waals surface area contributed by atoms with Gasteiger partial charge in [-0.05, 0) is 32.1 Å². The molecule has 1 fully saturated rings. The minimum absolute atomic E-state index is 0.0892. The van der Waals surface area contributed by atoms with E-state index in [2.05, 4.69) is 10.1 Å². The molecule has 2 aromatic heterocycles. The van der Waals surface area contributed by atoms with Crippen LogP contribution in [0.3, 0.4) is 0 Å². The summed E-state index contributed by atoms with van der Waals surface area (Å²) in [6.45, 7) is 2.55. The Kier molecular flexibility index (Phi) is 2.91. The summed E-state index contributed by atoms with van der Waals surface area (Å²) in [6.07, 6.45) is 7.03. The highest BCUT2D eigenvalue weighted by atomic mass is 16.3. The number of hydrogen-bond donors (Lipinski definition) is 1. The Morgan fingerprint density at radius 3 is 3.06 bits per heavy atom. The number of aliphatic hydroxyl groups excluding tert-OH is 1. The molecule has 0 atom stereocenters. The lowest BCUT2D eigenvalue weighted by atomic mass is 10.1. The maximum absolute atomic E-state index is 8.94. The van der Waals surface area contributed by atoms with E-state index in [4.69, 9.17) is 9.52 Å². The molecule has 5 heteroatoms. The lowest BCUT2D eigenvalue weighted by Crippen LogP contribution is -2.02. The second kappa shape index (κ2) is 4.57. The van der Waals surface area contributed by atoms with Gasteiger partial charge in [0, 0.05) is 6.20 Å². The molecule has 5 nitrogen and oxygen atoms in total. The molecular formula is C13H17N3O2. The molecule has 0 aromatic carbocycles. The second-order valence-corrected chi connectivity index (χ2v) is 4.89. The first-order chi connectivity index (χ1) is 8.78. The molecule has 0 amide bonds. The number of aromatic nitrogens is 3. The van der Waals surface area contributed by atoms with E-state index in [-0.39, 0.29) is 6.61 Å². The van der Waals surface area contributed by atoms with Gasteiger partial charge in [-0.2, -0.15) is 5.10 Å². The third-order valence-corrected chi connectivity index (χ3v) is 3.34. The summed E-state index contributed by atoms with van der Waals surface area (Å²) in [5.74, 6) is 1.62. The Bertz CT molecular complexity index is 540. The topological polar surface area (TPSA) is 64.1 Å². The molecule has 1 N–H and O–H groups in total. The third-order valence-electron chi connectivity index (χ3n) is 3.34. The van der Waals surface area contributed by atoms with Gasteiger partial charge in [-0.15, -0.1) is 0 Å². The first-order valence-electron chi connectivity index (χ1n) is 6.35. The number of aryl methyl sites for hydroxylation is 1. The lowest BCUT2D eigenvalue weighted by molar-refractivity contribution is 0.269. The molecule has 1 aliphatic carbocycles. The van der Waals surface area contributed by atoms with Crippen molar-refractivity contribution in [2.45, 2.75) is 32.7 Å². The van der Waals surface area contributed by atoms with E-state index in [1.807, 2.05) is 13.1 Å². The highest BCUT2D eigenvalue weighted by Gasteiger charge is 2.26. The molecule has 2 heterocycles. The molecule has 0 spiro atoms. The second-order valence-electron chi connectivity index (χ2n) is 4.89. The smallest absolute Gasteiger partial charge is 0.181 e. The highest BCUT2D eigenvalue weighted by molar-refractivity contribution is 5.61. The minimum atomic E-state index is 0.0892. The van der Waals surface area contributed by atoms with Crippen molar-refractivity contribution in [2.75, 3.05) is 6.61 Å². The van der Waals surface area contributed by atoms with E-state index >= 15 is 0 Å². The quantitative estimate of drug-likeness (QED) is 0.875. The van der Waals surface area contributed by atoms with Gasteiger partial charge in [-0.1, -0.05) is 0 Å². The van der Waals surface area contributed by atoms with Crippen LogP contribution in [0.5, 0.6) is 0 Å². The van der Waals surface area contributed by atoms with E-state index in [1.54, 1.807) is 4.68 Å². The molecule has 0 aliphatic heterocycles. The lowest BCUT2D eigenvalue weighted by Gasteiger charge is -1.98. The van der Waals surface area contributed by atoms with Crippen molar-refractivity contribution in [1.29, 1.82) is 0 Å². The number of oxazole rings is 1. The zero-order valence-electron chi connectivity index (χ0n) is 10.5. The van der Waals surface area contributed by atoms with Crippen LogP contribution >= 0.6 is 0 Å². The van der Waals surface area contributed by atoms with Gasteiger partial charge in [0.1, 0.15) is 0 Å². The summed E-state index contributed by atoms with van der Waals surface area (Å²) < 4.78 is 7.27. The van der Waals surface area contributed by atoms with Gasteiger partial charge in [0.05, 0.1) is 30.1 Å². The summed E-state index contributed by atoms with van der Waals surface area (Å²) in [6, 6.07) is 0. The standard InChI is InChI=1S/C13H17N3O2/c1-9-11(7-16(15-9)4-5-17)13-12(14-8-18-13)6-10-2-3-10/h7-8,10,17H,2-6H2,1H3. The zero-order chi connectivity index (χ0) is 12.5. The molecule has 1 aliphatic rings. The van der Waals surface area contributed by atoms with Crippen LogP contribution in [0.1, 0.15) is 24.2 Å². The van der Waals surface area contributed by atoms with E-state index < -0.39 is 0 Å². The predicted octanol–water partition coefficient (Wildman–Crippen LogP) is 1.79. The monoisotopic (exact) mass is 247 g/mol. The van der Waals surface area contributed by atoms with Gasteiger partial charge in [0.15, 0.2) is 12.2 Å². The van der Waals surface area contributed by atoms with Gasteiger partial charge in [-0.25, -0.2) is 4.98 Å². The van der Waals surface area contributed by atoms with Crippen LogP contribution in [0.25, 0.3) is 11.3 Å². The third kappa shape index (κ3) is 2.18. The summed E-state index contributed by atoms with van der Waals surface area (Å²) in [7, 11) is 0. The van der Waals surface area contributed by atoms with Crippen LogP contribution in [-0.4, -0.2) is 26.5 Å². The van der Waals surface area contributed by atoms with Crippen LogP contribution < -0.4 is 0 Å². The Morgan fingerprint density at radius 2 is 2.33 bits per heavy atom. The predicted molar refractivity (Wildman–Crippen MR) is 66.0 cm³/mol. The number of rotatable bonds is 5. The number of aliphatic hydroxyl groups is 1. The Labute approximate surface area is 105 Å². The summed E-state index contributed by atoms with van der Waals surface area (Å²) in [5, 5.41) is 13.3. The molecule has 0 saturated heterocycles.